The minimum Gasteiger partial charge on any atom is -0.368 e. The number of halogens is 2. The number of nitrogens with zero attached hydrogens (tertiary/aromatic N) is 2. The first kappa shape index (κ1) is 11.4. The van der Waals surface area contributed by atoms with Crippen molar-refractivity contribution in [3.63, 3.8) is 0 Å². The van der Waals surface area contributed by atoms with E-state index in [1.54, 1.807) is 22.6 Å². The summed E-state index contributed by atoms with van der Waals surface area (Å²) in [4.78, 5) is 26.2. The van der Waals surface area contributed by atoms with Crippen LogP contribution in [0.3, 0.4) is 0 Å². The van der Waals surface area contributed by atoms with E-state index in [0.29, 0.717) is 0 Å². The second-order valence-corrected chi connectivity index (χ2v) is 4.08. The number of aromatic nitrogens is 2. The van der Waals surface area contributed by atoms with E-state index in [1.807, 2.05) is 0 Å². The molecule has 14 heavy (non-hydrogen) atoms. The molecule has 5 nitrogen and oxygen atoms in total. The molecular formula is C7H7ClIN3O2. The summed E-state index contributed by atoms with van der Waals surface area (Å²) in [5.74, 6) is -0.591. The van der Waals surface area contributed by atoms with E-state index in [9.17, 15) is 9.59 Å². The van der Waals surface area contributed by atoms with Crippen LogP contribution < -0.4 is 11.3 Å². The molecule has 1 amide bonds. The zero-order valence-corrected chi connectivity index (χ0v) is 10.1. The average molecular weight is 328 g/mol. The Morgan fingerprint density at radius 2 is 2.36 bits per heavy atom. The molecule has 1 aromatic heterocycles. The molecule has 0 radical (unpaired) electrons. The second-order valence-electron chi connectivity index (χ2n) is 2.64. The lowest BCUT2D eigenvalue weighted by Crippen LogP contribution is -2.33. The Morgan fingerprint density at radius 3 is 2.86 bits per heavy atom. The monoisotopic (exact) mass is 327 g/mol. The van der Waals surface area contributed by atoms with Gasteiger partial charge in [-0.15, -0.1) is 0 Å². The van der Waals surface area contributed by atoms with E-state index in [4.69, 9.17) is 17.3 Å². The first-order valence-corrected chi connectivity index (χ1v) is 5.12. The second kappa shape index (κ2) is 4.26. The maximum absolute atomic E-state index is 11.6. The standard InChI is InChI=1S/C7H7ClIN3O2/c1-3(6(10)13)12-2-11-5(8)4(9)7(12)14/h2-3H,1H3,(H2,10,13). The molecule has 1 heterocycles. The van der Waals surface area contributed by atoms with Crippen molar-refractivity contribution < 1.29 is 4.79 Å². The molecule has 0 spiro atoms. The Kier molecular flexibility index (Phi) is 3.48. The van der Waals surface area contributed by atoms with Crippen molar-refractivity contribution in [3.05, 3.63) is 25.4 Å². The van der Waals surface area contributed by atoms with Crippen molar-refractivity contribution in [2.45, 2.75) is 13.0 Å². The molecule has 0 bridgehead atoms. The molecule has 1 unspecified atom stereocenters. The fourth-order valence-corrected chi connectivity index (χ4v) is 1.38. The molecule has 1 aromatic rings. The summed E-state index contributed by atoms with van der Waals surface area (Å²) in [6.45, 7) is 1.52. The molecule has 0 aliphatic carbocycles. The number of carbonyl (C=O) groups excluding carboxylic acids is 1. The van der Waals surface area contributed by atoms with Gasteiger partial charge >= 0.3 is 0 Å². The zero-order valence-electron chi connectivity index (χ0n) is 7.20. The van der Waals surface area contributed by atoms with Crippen molar-refractivity contribution >= 4 is 40.1 Å². The summed E-state index contributed by atoms with van der Waals surface area (Å²) in [5, 5.41) is 0.128. The van der Waals surface area contributed by atoms with Crippen molar-refractivity contribution in [1.29, 1.82) is 0 Å². The Hall–Kier alpha value is -0.630. The Balaban J connectivity index is 3.32. The van der Waals surface area contributed by atoms with Gasteiger partial charge in [-0.25, -0.2) is 4.98 Å². The van der Waals surface area contributed by atoms with E-state index in [0.717, 1.165) is 4.57 Å². The summed E-state index contributed by atoms with van der Waals surface area (Å²) >= 11 is 7.39. The molecule has 0 aliphatic rings. The number of hydrogen-bond donors (Lipinski definition) is 1. The van der Waals surface area contributed by atoms with Crippen LogP contribution in [-0.2, 0) is 4.79 Å². The van der Waals surface area contributed by atoms with Crippen LogP contribution in [-0.4, -0.2) is 15.5 Å². The number of amides is 1. The van der Waals surface area contributed by atoms with Gasteiger partial charge in [-0.1, -0.05) is 11.6 Å². The van der Waals surface area contributed by atoms with Crippen LogP contribution >= 0.6 is 34.2 Å². The largest absolute Gasteiger partial charge is 0.368 e. The third-order valence-corrected chi connectivity index (χ3v) is 3.31. The van der Waals surface area contributed by atoms with E-state index in [1.165, 1.54) is 13.3 Å². The maximum Gasteiger partial charge on any atom is 0.269 e. The number of carbonyl (C=O) groups is 1. The third kappa shape index (κ3) is 2.06. The van der Waals surface area contributed by atoms with E-state index >= 15 is 0 Å². The summed E-state index contributed by atoms with van der Waals surface area (Å²) in [6, 6.07) is -0.721. The highest BCUT2D eigenvalue weighted by atomic mass is 127. The van der Waals surface area contributed by atoms with E-state index in [2.05, 4.69) is 4.98 Å². The van der Waals surface area contributed by atoms with Gasteiger partial charge < -0.3 is 5.73 Å². The summed E-state index contributed by atoms with van der Waals surface area (Å²) in [5.41, 5.74) is 4.70. The van der Waals surface area contributed by atoms with Gasteiger partial charge in [0.05, 0.1) is 6.33 Å². The number of rotatable bonds is 2. The minimum atomic E-state index is -0.721. The molecule has 0 saturated carbocycles. The molecule has 0 saturated heterocycles. The van der Waals surface area contributed by atoms with E-state index in [-0.39, 0.29) is 14.3 Å². The van der Waals surface area contributed by atoms with Crippen molar-refractivity contribution in [1.82, 2.24) is 9.55 Å². The summed E-state index contributed by atoms with van der Waals surface area (Å²) in [6.07, 6.45) is 1.21. The third-order valence-electron chi connectivity index (χ3n) is 1.73. The lowest BCUT2D eigenvalue weighted by Gasteiger charge is -2.10. The normalized spacial score (nSPS) is 12.5. The van der Waals surface area contributed by atoms with Gasteiger partial charge in [0.2, 0.25) is 5.91 Å². The predicted molar refractivity (Wildman–Crippen MR) is 60.1 cm³/mol. The van der Waals surface area contributed by atoms with Gasteiger partial charge in [-0.05, 0) is 29.5 Å². The fourth-order valence-electron chi connectivity index (χ4n) is 0.837. The van der Waals surface area contributed by atoms with Crippen LogP contribution in [0, 0.1) is 3.57 Å². The fraction of sp³-hybridized carbons (Fsp3) is 0.286. The van der Waals surface area contributed by atoms with Gasteiger partial charge in [0.15, 0.2) is 0 Å². The summed E-state index contributed by atoms with van der Waals surface area (Å²) in [7, 11) is 0. The number of nitrogens with two attached hydrogens (primary N) is 1. The Morgan fingerprint density at radius 1 is 1.79 bits per heavy atom. The van der Waals surface area contributed by atoms with Crippen molar-refractivity contribution in [2.24, 2.45) is 5.73 Å². The van der Waals surface area contributed by atoms with Crippen molar-refractivity contribution in [3.8, 4) is 0 Å². The average Bonchev–Trinajstić information content (AvgIpc) is 2.13. The highest BCUT2D eigenvalue weighted by Gasteiger charge is 2.15. The Bertz CT molecular complexity index is 431. The van der Waals surface area contributed by atoms with Crippen LogP contribution in [0.2, 0.25) is 5.15 Å². The highest BCUT2D eigenvalue weighted by Crippen LogP contribution is 2.11. The SMILES string of the molecule is CC(C(N)=O)n1cnc(Cl)c(I)c1=O. The van der Waals surface area contributed by atoms with Gasteiger partial charge in [0.1, 0.15) is 14.8 Å². The molecule has 2 N–H and O–H groups in total. The first-order chi connectivity index (χ1) is 6.45. The molecule has 0 aliphatic heterocycles. The lowest BCUT2D eigenvalue weighted by atomic mass is 10.3. The maximum atomic E-state index is 11.6. The minimum absolute atomic E-state index is 0.128. The van der Waals surface area contributed by atoms with Gasteiger partial charge in [-0.2, -0.15) is 0 Å². The van der Waals surface area contributed by atoms with Gasteiger partial charge in [-0.3, -0.25) is 14.2 Å². The van der Waals surface area contributed by atoms with Crippen LogP contribution in [0.1, 0.15) is 13.0 Å². The van der Waals surface area contributed by atoms with Crippen LogP contribution in [0.4, 0.5) is 0 Å². The zero-order chi connectivity index (χ0) is 10.9. The van der Waals surface area contributed by atoms with Crippen LogP contribution in [0.25, 0.3) is 0 Å². The summed E-state index contributed by atoms with van der Waals surface area (Å²) < 4.78 is 1.43. The van der Waals surface area contributed by atoms with E-state index < -0.39 is 11.9 Å². The molecular weight excluding hydrogens is 320 g/mol. The lowest BCUT2D eigenvalue weighted by molar-refractivity contribution is -0.120. The van der Waals surface area contributed by atoms with Crippen molar-refractivity contribution in [2.75, 3.05) is 0 Å². The van der Waals surface area contributed by atoms with Crippen LogP contribution in [0.5, 0.6) is 0 Å². The highest BCUT2D eigenvalue weighted by molar-refractivity contribution is 14.1. The number of hydrogen-bond acceptors (Lipinski definition) is 3. The molecule has 76 valence electrons. The molecule has 1 rings (SSSR count). The smallest absolute Gasteiger partial charge is 0.269 e. The van der Waals surface area contributed by atoms with Gasteiger partial charge in [0, 0.05) is 0 Å². The molecule has 0 aromatic carbocycles. The molecule has 1 atom stereocenters. The molecule has 0 fully saturated rings. The number of primary amides is 1. The van der Waals surface area contributed by atoms with Crippen LogP contribution in [0.15, 0.2) is 11.1 Å². The molecule has 7 heteroatoms. The van der Waals surface area contributed by atoms with Gasteiger partial charge in [0.25, 0.3) is 5.56 Å². The predicted octanol–water partition coefficient (Wildman–Crippen LogP) is 0.548. The quantitative estimate of drug-likeness (QED) is 0.636. The Labute approximate surface area is 98.4 Å². The topological polar surface area (TPSA) is 78.0 Å². The first-order valence-electron chi connectivity index (χ1n) is 3.66.